The van der Waals surface area contributed by atoms with E-state index in [2.05, 4.69) is 44.3 Å². The monoisotopic (exact) mass is 372 g/mol. The number of halogens is 1. The van der Waals surface area contributed by atoms with Crippen LogP contribution in [0.1, 0.15) is 12.5 Å². The van der Waals surface area contributed by atoms with E-state index < -0.39 is 0 Å². The molecule has 1 aromatic carbocycles. The zero-order valence-electron chi connectivity index (χ0n) is 11.6. The van der Waals surface area contributed by atoms with E-state index in [1.54, 1.807) is 23.1 Å². The van der Waals surface area contributed by atoms with E-state index in [1.807, 2.05) is 25.9 Å². The lowest BCUT2D eigenvalue weighted by molar-refractivity contribution is 0.735. The summed E-state index contributed by atoms with van der Waals surface area (Å²) in [5, 5.41) is 9.24. The van der Waals surface area contributed by atoms with E-state index in [0.29, 0.717) is 0 Å². The van der Waals surface area contributed by atoms with Gasteiger partial charge in [0.1, 0.15) is 0 Å². The number of anilines is 1. The Bertz CT molecular complexity index is 584. The van der Waals surface area contributed by atoms with Gasteiger partial charge in [0.05, 0.1) is 0 Å². The molecule has 0 saturated heterocycles. The zero-order valence-corrected chi connectivity index (χ0v) is 14.8. The molecule has 20 heavy (non-hydrogen) atoms. The number of nitrogens with zero attached hydrogens (tertiary/aromatic N) is 3. The topological polar surface area (TPSA) is 55.0 Å². The van der Waals surface area contributed by atoms with Gasteiger partial charge in [0.15, 0.2) is 4.34 Å². The molecule has 0 radical (unpaired) electrons. The van der Waals surface area contributed by atoms with Crippen molar-refractivity contribution in [2.75, 3.05) is 19.0 Å². The van der Waals surface area contributed by atoms with Gasteiger partial charge in [-0.05, 0) is 31.0 Å². The van der Waals surface area contributed by atoms with Gasteiger partial charge in [-0.25, -0.2) is 0 Å². The Balaban J connectivity index is 2.11. The van der Waals surface area contributed by atoms with Gasteiger partial charge >= 0.3 is 0 Å². The van der Waals surface area contributed by atoms with Gasteiger partial charge in [-0.3, -0.25) is 0 Å². The molecule has 0 fully saturated rings. The fourth-order valence-corrected chi connectivity index (χ4v) is 4.10. The Morgan fingerprint density at radius 1 is 1.40 bits per heavy atom. The summed E-state index contributed by atoms with van der Waals surface area (Å²) in [6, 6.07) is 6.49. The van der Waals surface area contributed by atoms with Crippen LogP contribution in [0.5, 0.6) is 0 Å². The maximum atomic E-state index is 5.84. The molecule has 7 heteroatoms. The molecule has 1 unspecified atom stereocenters. The number of benzene rings is 1. The lowest BCUT2D eigenvalue weighted by Gasteiger charge is -2.08. The third-order valence-electron chi connectivity index (χ3n) is 2.55. The molecule has 2 aromatic rings. The first-order valence-electron chi connectivity index (χ1n) is 6.18. The van der Waals surface area contributed by atoms with Crippen molar-refractivity contribution in [3.05, 3.63) is 28.2 Å². The van der Waals surface area contributed by atoms with Crippen LogP contribution in [0, 0.1) is 0 Å². The predicted octanol–water partition coefficient (Wildman–Crippen LogP) is 3.41. The summed E-state index contributed by atoms with van der Waals surface area (Å²) < 4.78 is 2.04. The minimum absolute atomic E-state index is 0.163. The van der Waals surface area contributed by atoms with E-state index >= 15 is 0 Å². The molecule has 0 saturated carbocycles. The van der Waals surface area contributed by atoms with Crippen LogP contribution in [-0.4, -0.2) is 30.3 Å². The van der Waals surface area contributed by atoms with Crippen LogP contribution in [0.2, 0.25) is 0 Å². The first-order chi connectivity index (χ1) is 9.45. The summed E-state index contributed by atoms with van der Waals surface area (Å²) in [4.78, 5) is 3.11. The van der Waals surface area contributed by atoms with E-state index in [9.17, 15) is 0 Å². The predicted molar refractivity (Wildman–Crippen MR) is 89.9 cm³/mol. The summed E-state index contributed by atoms with van der Waals surface area (Å²) in [5.41, 5.74) is 7.07. The summed E-state index contributed by atoms with van der Waals surface area (Å²) >= 11 is 6.82. The molecule has 0 aliphatic carbocycles. The molecule has 0 aliphatic heterocycles. The third-order valence-corrected chi connectivity index (χ3v) is 5.42. The average molecular weight is 373 g/mol. The van der Waals surface area contributed by atoms with Gasteiger partial charge in [0.2, 0.25) is 5.13 Å². The molecule has 2 N–H and O–H groups in total. The Hall–Kier alpha value is -0.630. The molecule has 4 nitrogen and oxygen atoms in total. The van der Waals surface area contributed by atoms with Crippen LogP contribution in [0.3, 0.4) is 0 Å². The zero-order chi connectivity index (χ0) is 14.7. The van der Waals surface area contributed by atoms with Gasteiger partial charge in [0.25, 0.3) is 0 Å². The second kappa shape index (κ2) is 6.89. The molecular weight excluding hydrogens is 356 g/mol. The first-order valence-corrected chi connectivity index (χ1v) is 8.61. The normalized spacial score (nSPS) is 12.4. The second-order valence-electron chi connectivity index (χ2n) is 4.78. The molecule has 1 atom stereocenters. The van der Waals surface area contributed by atoms with Crippen molar-refractivity contribution >= 4 is 44.2 Å². The fourth-order valence-electron chi connectivity index (χ4n) is 1.63. The largest absolute Gasteiger partial charge is 0.353 e. The molecule has 108 valence electrons. The SMILES string of the molecule is CC(N)Cc1ccc(Sc2nnc(N(C)C)s2)cc1Br. The molecule has 0 amide bonds. The number of hydrogen-bond donors (Lipinski definition) is 1. The quantitative estimate of drug-likeness (QED) is 0.871. The third kappa shape index (κ3) is 4.18. The Morgan fingerprint density at radius 3 is 2.70 bits per heavy atom. The first kappa shape index (κ1) is 15.8. The van der Waals surface area contributed by atoms with Crippen molar-refractivity contribution < 1.29 is 0 Å². The number of hydrogen-bond acceptors (Lipinski definition) is 6. The highest BCUT2D eigenvalue weighted by Crippen LogP contribution is 2.34. The van der Waals surface area contributed by atoms with Gasteiger partial charge in [-0.1, -0.05) is 45.1 Å². The van der Waals surface area contributed by atoms with E-state index in [1.165, 1.54) is 5.56 Å². The minimum atomic E-state index is 0.163. The Labute approximate surface area is 135 Å². The molecular formula is C13H17BrN4S2. The smallest absolute Gasteiger partial charge is 0.208 e. The van der Waals surface area contributed by atoms with Crippen molar-refractivity contribution in [2.45, 2.75) is 28.6 Å². The van der Waals surface area contributed by atoms with Gasteiger partial charge in [0, 0.05) is 29.5 Å². The average Bonchev–Trinajstić information content (AvgIpc) is 2.81. The second-order valence-corrected chi connectivity index (χ2v) is 7.91. The summed E-state index contributed by atoms with van der Waals surface area (Å²) in [7, 11) is 3.93. The van der Waals surface area contributed by atoms with Crippen LogP contribution in [-0.2, 0) is 6.42 Å². The van der Waals surface area contributed by atoms with Crippen molar-refractivity contribution in [2.24, 2.45) is 5.73 Å². The van der Waals surface area contributed by atoms with Crippen molar-refractivity contribution in [1.82, 2.24) is 10.2 Å². The highest BCUT2D eigenvalue weighted by atomic mass is 79.9. The van der Waals surface area contributed by atoms with Gasteiger partial charge < -0.3 is 10.6 Å². The van der Waals surface area contributed by atoms with Crippen LogP contribution < -0.4 is 10.6 Å². The van der Waals surface area contributed by atoms with Crippen LogP contribution in [0.25, 0.3) is 0 Å². The molecule has 1 heterocycles. The summed E-state index contributed by atoms with van der Waals surface area (Å²) in [6.45, 7) is 2.01. The van der Waals surface area contributed by atoms with Crippen molar-refractivity contribution in [3.63, 3.8) is 0 Å². The summed E-state index contributed by atoms with van der Waals surface area (Å²) in [6.07, 6.45) is 0.870. The van der Waals surface area contributed by atoms with Crippen LogP contribution >= 0.6 is 39.0 Å². The lowest BCUT2D eigenvalue weighted by atomic mass is 10.1. The van der Waals surface area contributed by atoms with E-state index in [-0.39, 0.29) is 6.04 Å². The van der Waals surface area contributed by atoms with Gasteiger partial charge in [-0.2, -0.15) is 0 Å². The van der Waals surface area contributed by atoms with Crippen molar-refractivity contribution in [3.8, 4) is 0 Å². The van der Waals surface area contributed by atoms with Gasteiger partial charge in [-0.15, -0.1) is 10.2 Å². The number of nitrogens with two attached hydrogens (primary N) is 1. The number of rotatable bonds is 5. The summed E-state index contributed by atoms with van der Waals surface area (Å²) in [5.74, 6) is 0. The maximum Gasteiger partial charge on any atom is 0.208 e. The van der Waals surface area contributed by atoms with E-state index in [4.69, 9.17) is 5.73 Å². The minimum Gasteiger partial charge on any atom is -0.353 e. The molecule has 0 aliphatic rings. The highest BCUT2D eigenvalue weighted by molar-refractivity contribution is 9.10. The van der Waals surface area contributed by atoms with E-state index in [0.717, 1.165) is 25.3 Å². The number of aromatic nitrogens is 2. The lowest BCUT2D eigenvalue weighted by Crippen LogP contribution is -2.17. The highest BCUT2D eigenvalue weighted by Gasteiger charge is 2.09. The Morgan fingerprint density at radius 2 is 2.15 bits per heavy atom. The fraction of sp³-hybridized carbons (Fsp3) is 0.385. The molecule has 1 aromatic heterocycles. The van der Waals surface area contributed by atoms with Crippen LogP contribution in [0.4, 0.5) is 5.13 Å². The Kier molecular flexibility index (Phi) is 5.42. The molecule has 0 spiro atoms. The maximum absolute atomic E-state index is 5.84. The molecule has 2 rings (SSSR count). The van der Waals surface area contributed by atoms with Crippen LogP contribution in [0.15, 0.2) is 31.9 Å². The standard InChI is InChI=1S/C13H17BrN4S2/c1-8(15)6-9-4-5-10(7-11(9)14)19-13-17-16-12(20-13)18(2)3/h4-5,7-8H,6,15H2,1-3H3. The molecule has 0 bridgehead atoms. The van der Waals surface area contributed by atoms with Crippen molar-refractivity contribution in [1.29, 1.82) is 0 Å².